The Morgan fingerprint density at radius 3 is 2.95 bits per heavy atom. The number of carbonyl (C=O) groups is 1. The summed E-state index contributed by atoms with van der Waals surface area (Å²) in [5, 5.41) is 3.14. The molecule has 6 heteroatoms. The zero-order chi connectivity index (χ0) is 13.9. The van der Waals surface area contributed by atoms with Gasteiger partial charge < -0.3 is 15.0 Å². The van der Waals surface area contributed by atoms with Crippen molar-refractivity contribution in [2.24, 2.45) is 0 Å². The highest BCUT2D eigenvalue weighted by molar-refractivity contribution is 5.82. The molecule has 0 aliphatic heterocycles. The van der Waals surface area contributed by atoms with Gasteiger partial charge in [0.1, 0.15) is 11.4 Å². The van der Waals surface area contributed by atoms with Crippen molar-refractivity contribution in [2.75, 3.05) is 5.32 Å². The summed E-state index contributed by atoms with van der Waals surface area (Å²) in [6.45, 7) is 0. The number of aromatic nitrogens is 2. The van der Waals surface area contributed by atoms with Crippen LogP contribution >= 0.6 is 0 Å². The standard InChI is InChI=1S/C14H10FN3O2/c15-11-7-9(18-8-19)1-2-13(11)20-12-4-6-17-14-10(12)3-5-16-14/h1-8H,(H,16,17)(H,18,19). The predicted octanol–water partition coefficient (Wildman–Crippen LogP) is 3.06. The van der Waals surface area contributed by atoms with Gasteiger partial charge in [-0.15, -0.1) is 0 Å². The second-order valence-corrected chi connectivity index (χ2v) is 4.06. The molecule has 2 aromatic heterocycles. The van der Waals surface area contributed by atoms with Gasteiger partial charge in [-0.2, -0.15) is 0 Å². The largest absolute Gasteiger partial charge is 0.453 e. The van der Waals surface area contributed by atoms with E-state index in [4.69, 9.17) is 4.74 Å². The molecule has 0 unspecified atom stereocenters. The smallest absolute Gasteiger partial charge is 0.211 e. The van der Waals surface area contributed by atoms with Crippen LogP contribution in [0.2, 0.25) is 0 Å². The Morgan fingerprint density at radius 1 is 1.25 bits per heavy atom. The van der Waals surface area contributed by atoms with E-state index in [0.717, 1.165) is 5.39 Å². The topological polar surface area (TPSA) is 67.0 Å². The number of fused-ring (bicyclic) bond motifs is 1. The van der Waals surface area contributed by atoms with E-state index in [1.54, 1.807) is 30.6 Å². The lowest BCUT2D eigenvalue weighted by molar-refractivity contribution is -0.105. The van der Waals surface area contributed by atoms with E-state index in [2.05, 4.69) is 15.3 Å². The predicted molar refractivity (Wildman–Crippen MR) is 72.3 cm³/mol. The average Bonchev–Trinajstić information content (AvgIpc) is 2.91. The van der Waals surface area contributed by atoms with Crippen LogP contribution in [0.15, 0.2) is 42.7 Å². The molecule has 1 amide bonds. The quantitative estimate of drug-likeness (QED) is 0.717. The minimum atomic E-state index is -0.558. The lowest BCUT2D eigenvalue weighted by atomic mass is 10.2. The number of carbonyl (C=O) groups excluding carboxylic acids is 1. The SMILES string of the molecule is O=CNc1ccc(Oc2ccnc3[nH]ccc23)c(F)c1. The van der Waals surface area contributed by atoms with Crippen molar-refractivity contribution in [3.05, 3.63) is 48.5 Å². The van der Waals surface area contributed by atoms with E-state index < -0.39 is 5.82 Å². The first-order valence-corrected chi connectivity index (χ1v) is 5.87. The maximum absolute atomic E-state index is 13.9. The Labute approximate surface area is 113 Å². The van der Waals surface area contributed by atoms with E-state index in [0.29, 0.717) is 23.5 Å². The number of nitrogens with zero attached hydrogens (tertiary/aromatic N) is 1. The molecule has 0 bridgehead atoms. The Bertz CT molecular complexity index is 770. The highest BCUT2D eigenvalue weighted by Gasteiger charge is 2.09. The summed E-state index contributed by atoms with van der Waals surface area (Å²) in [6, 6.07) is 7.67. The molecular weight excluding hydrogens is 261 g/mol. The second-order valence-electron chi connectivity index (χ2n) is 4.06. The molecular formula is C14H10FN3O2. The molecule has 5 nitrogen and oxygen atoms in total. The van der Waals surface area contributed by atoms with Crippen molar-refractivity contribution < 1.29 is 13.9 Å². The molecule has 1 aromatic carbocycles. The Kier molecular flexibility index (Phi) is 3.04. The summed E-state index contributed by atoms with van der Waals surface area (Å²) in [5.41, 5.74) is 1.04. The average molecular weight is 271 g/mol. The summed E-state index contributed by atoms with van der Waals surface area (Å²) in [7, 11) is 0. The Morgan fingerprint density at radius 2 is 2.15 bits per heavy atom. The van der Waals surface area contributed by atoms with Gasteiger partial charge in [0.2, 0.25) is 6.41 Å². The molecule has 0 saturated heterocycles. The molecule has 100 valence electrons. The number of halogens is 1. The van der Waals surface area contributed by atoms with Crippen LogP contribution < -0.4 is 10.1 Å². The highest BCUT2D eigenvalue weighted by Crippen LogP contribution is 2.30. The zero-order valence-corrected chi connectivity index (χ0v) is 10.3. The molecule has 0 atom stereocenters. The summed E-state index contributed by atoms with van der Waals surface area (Å²) in [4.78, 5) is 17.4. The third-order valence-corrected chi connectivity index (χ3v) is 2.80. The van der Waals surface area contributed by atoms with E-state index in [1.807, 2.05) is 0 Å². The van der Waals surface area contributed by atoms with Gasteiger partial charge in [0.15, 0.2) is 11.6 Å². The van der Waals surface area contributed by atoms with E-state index in [-0.39, 0.29) is 5.75 Å². The molecule has 0 radical (unpaired) electrons. The first-order valence-electron chi connectivity index (χ1n) is 5.87. The molecule has 0 aliphatic carbocycles. The third kappa shape index (κ3) is 2.18. The number of aromatic amines is 1. The number of amides is 1. The third-order valence-electron chi connectivity index (χ3n) is 2.80. The van der Waals surface area contributed by atoms with Crippen molar-refractivity contribution in [3.63, 3.8) is 0 Å². The number of hydrogen-bond acceptors (Lipinski definition) is 3. The van der Waals surface area contributed by atoms with Crippen LogP contribution in [-0.2, 0) is 4.79 Å². The lowest BCUT2D eigenvalue weighted by Crippen LogP contribution is -1.95. The number of nitrogens with one attached hydrogen (secondary N) is 2. The van der Waals surface area contributed by atoms with Gasteiger partial charge in [-0.3, -0.25) is 4.79 Å². The Hall–Kier alpha value is -2.89. The fourth-order valence-electron chi connectivity index (χ4n) is 1.88. The van der Waals surface area contributed by atoms with Crippen LogP contribution in [0.5, 0.6) is 11.5 Å². The van der Waals surface area contributed by atoms with Gasteiger partial charge in [0.05, 0.1) is 5.39 Å². The van der Waals surface area contributed by atoms with Crippen LogP contribution in [0.25, 0.3) is 11.0 Å². The molecule has 20 heavy (non-hydrogen) atoms. The monoisotopic (exact) mass is 271 g/mol. The zero-order valence-electron chi connectivity index (χ0n) is 10.3. The fourth-order valence-corrected chi connectivity index (χ4v) is 1.88. The van der Waals surface area contributed by atoms with Crippen molar-refractivity contribution in [2.45, 2.75) is 0 Å². The fraction of sp³-hybridized carbons (Fsp3) is 0. The summed E-state index contributed by atoms with van der Waals surface area (Å²) < 4.78 is 19.4. The summed E-state index contributed by atoms with van der Waals surface area (Å²) >= 11 is 0. The van der Waals surface area contributed by atoms with Crippen molar-refractivity contribution in [1.29, 1.82) is 0 Å². The number of ether oxygens (including phenoxy) is 1. The molecule has 0 spiro atoms. The maximum atomic E-state index is 13.9. The second kappa shape index (κ2) is 5.00. The van der Waals surface area contributed by atoms with E-state index in [1.165, 1.54) is 12.1 Å². The van der Waals surface area contributed by atoms with Gasteiger partial charge in [-0.25, -0.2) is 9.37 Å². The minimum Gasteiger partial charge on any atom is -0.453 e. The van der Waals surface area contributed by atoms with Gasteiger partial charge in [-0.05, 0) is 24.3 Å². The van der Waals surface area contributed by atoms with Crippen LogP contribution in [0.1, 0.15) is 0 Å². The summed E-state index contributed by atoms with van der Waals surface area (Å²) in [6.07, 6.45) is 3.80. The van der Waals surface area contributed by atoms with Crippen LogP contribution in [-0.4, -0.2) is 16.4 Å². The van der Waals surface area contributed by atoms with E-state index in [9.17, 15) is 9.18 Å². The van der Waals surface area contributed by atoms with Gasteiger partial charge >= 0.3 is 0 Å². The first-order chi connectivity index (χ1) is 9.78. The molecule has 3 aromatic rings. The number of benzene rings is 1. The van der Waals surface area contributed by atoms with Crippen molar-refractivity contribution in [1.82, 2.24) is 9.97 Å². The van der Waals surface area contributed by atoms with Gasteiger partial charge in [0.25, 0.3) is 0 Å². The lowest BCUT2D eigenvalue weighted by Gasteiger charge is -2.08. The normalized spacial score (nSPS) is 10.4. The molecule has 0 saturated carbocycles. The Balaban J connectivity index is 1.94. The van der Waals surface area contributed by atoms with Gasteiger partial charge in [0, 0.05) is 24.1 Å². The molecule has 0 fully saturated rings. The van der Waals surface area contributed by atoms with Crippen LogP contribution in [0, 0.1) is 5.82 Å². The number of H-pyrrole nitrogens is 1. The van der Waals surface area contributed by atoms with Crippen LogP contribution in [0.3, 0.4) is 0 Å². The molecule has 3 rings (SSSR count). The molecule has 0 aliphatic rings. The number of rotatable bonds is 4. The van der Waals surface area contributed by atoms with E-state index >= 15 is 0 Å². The highest BCUT2D eigenvalue weighted by atomic mass is 19.1. The minimum absolute atomic E-state index is 0.0788. The number of pyridine rings is 1. The van der Waals surface area contributed by atoms with Crippen LogP contribution in [0.4, 0.5) is 10.1 Å². The molecule has 2 heterocycles. The first kappa shape index (κ1) is 12.2. The van der Waals surface area contributed by atoms with Crippen molar-refractivity contribution in [3.8, 4) is 11.5 Å². The molecule has 2 N–H and O–H groups in total. The van der Waals surface area contributed by atoms with Gasteiger partial charge in [-0.1, -0.05) is 0 Å². The van der Waals surface area contributed by atoms with Crippen molar-refractivity contribution >= 4 is 23.1 Å². The number of hydrogen-bond donors (Lipinski definition) is 2. The maximum Gasteiger partial charge on any atom is 0.211 e. The number of anilines is 1. The summed E-state index contributed by atoms with van der Waals surface area (Å²) in [5.74, 6) is 0.0266.